The molecule has 0 bridgehead atoms. The molecule has 0 N–H and O–H groups in total. The lowest BCUT2D eigenvalue weighted by Gasteiger charge is -2.17. The van der Waals surface area contributed by atoms with Gasteiger partial charge < -0.3 is 9.30 Å². The Kier molecular flexibility index (Phi) is 5.27. The van der Waals surface area contributed by atoms with Crippen molar-refractivity contribution in [1.29, 1.82) is 0 Å². The largest absolute Gasteiger partial charge is 0.461 e. The molecule has 0 fully saturated rings. The quantitative estimate of drug-likeness (QED) is 0.617. The highest BCUT2D eigenvalue weighted by Gasteiger charge is 2.21. The second kappa shape index (κ2) is 6.18. The Morgan fingerprint density at radius 1 is 1.40 bits per heavy atom. The molecular formula is C13H20ClNO4S. The predicted octanol–water partition coefficient (Wildman–Crippen LogP) is 3.03. The van der Waals surface area contributed by atoms with E-state index < -0.39 is 15.0 Å². The molecule has 0 aliphatic rings. The first-order chi connectivity index (χ1) is 9.04. The lowest BCUT2D eigenvalue weighted by atomic mass is 9.93. The van der Waals surface area contributed by atoms with E-state index >= 15 is 0 Å². The van der Waals surface area contributed by atoms with Crippen molar-refractivity contribution >= 4 is 25.7 Å². The average Bonchev–Trinajstić information content (AvgIpc) is 2.70. The van der Waals surface area contributed by atoms with Crippen molar-refractivity contribution in [3.8, 4) is 0 Å². The van der Waals surface area contributed by atoms with Crippen LogP contribution in [0.2, 0.25) is 0 Å². The molecule has 114 valence electrons. The molecule has 0 saturated heterocycles. The summed E-state index contributed by atoms with van der Waals surface area (Å²) in [6, 6.07) is 1.24. The van der Waals surface area contributed by atoms with E-state index in [1.165, 1.54) is 16.8 Å². The summed E-state index contributed by atoms with van der Waals surface area (Å²) in [6.07, 6.45) is 2.06. The maximum Gasteiger partial charge on any atom is 0.354 e. The highest BCUT2D eigenvalue weighted by molar-refractivity contribution is 8.13. The fourth-order valence-corrected chi connectivity index (χ4v) is 2.33. The van der Waals surface area contributed by atoms with Gasteiger partial charge in [-0.15, -0.1) is 0 Å². The van der Waals surface area contributed by atoms with Crippen molar-refractivity contribution in [3.63, 3.8) is 0 Å². The molecule has 0 saturated carbocycles. The first-order valence-electron chi connectivity index (χ1n) is 6.36. The minimum Gasteiger partial charge on any atom is -0.461 e. The maximum atomic E-state index is 12.0. The molecule has 0 aliphatic carbocycles. The number of aryl methyl sites for hydroxylation is 1. The van der Waals surface area contributed by atoms with Gasteiger partial charge in [0.2, 0.25) is 0 Å². The smallest absolute Gasteiger partial charge is 0.354 e. The summed E-state index contributed by atoms with van der Waals surface area (Å²) in [5.74, 6) is -0.539. The minimum atomic E-state index is -3.85. The van der Waals surface area contributed by atoms with E-state index in [9.17, 15) is 13.2 Å². The van der Waals surface area contributed by atoms with Gasteiger partial charge in [0.1, 0.15) is 10.6 Å². The van der Waals surface area contributed by atoms with Gasteiger partial charge in [0.15, 0.2) is 0 Å². The molecule has 0 atom stereocenters. The van der Waals surface area contributed by atoms with Crippen molar-refractivity contribution in [2.24, 2.45) is 5.41 Å². The third-order valence-corrected chi connectivity index (χ3v) is 4.11. The third kappa shape index (κ3) is 4.83. The normalized spacial score (nSPS) is 12.4. The molecule has 0 aliphatic heterocycles. The van der Waals surface area contributed by atoms with E-state index in [4.69, 9.17) is 15.4 Å². The molecule has 1 rings (SSSR count). The Bertz CT molecular complexity index is 584. The van der Waals surface area contributed by atoms with Crippen molar-refractivity contribution in [3.05, 3.63) is 18.0 Å². The van der Waals surface area contributed by atoms with Crippen molar-refractivity contribution < 1.29 is 17.9 Å². The number of hydrogen-bond donors (Lipinski definition) is 0. The SMILES string of the molecule is CCn1cc(S(=O)(=O)Cl)cc1C(=O)OCCC(C)(C)C. The summed E-state index contributed by atoms with van der Waals surface area (Å²) in [5, 5.41) is 0. The van der Waals surface area contributed by atoms with Crippen LogP contribution in [-0.4, -0.2) is 25.6 Å². The van der Waals surface area contributed by atoms with Crippen LogP contribution in [0.1, 0.15) is 44.6 Å². The number of carbonyl (C=O) groups excluding carboxylic acids is 1. The molecule has 0 unspecified atom stereocenters. The van der Waals surface area contributed by atoms with Crippen LogP contribution >= 0.6 is 10.7 Å². The zero-order chi connectivity index (χ0) is 15.6. The summed E-state index contributed by atoms with van der Waals surface area (Å²) < 4.78 is 29.2. The first kappa shape index (κ1) is 17.0. The molecule has 1 heterocycles. The number of ether oxygens (including phenoxy) is 1. The van der Waals surface area contributed by atoms with Gasteiger partial charge in [0.05, 0.1) is 6.61 Å². The van der Waals surface area contributed by atoms with Gasteiger partial charge in [-0.25, -0.2) is 13.2 Å². The average molecular weight is 322 g/mol. The molecule has 0 amide bonds. The lowest BCUT2D eigenvalue weighted by molar-refractivity contribution is 0.0452. The van der Waals surface area contributed by atoms with Gasteiger partial charge in [0, 0.05) is 23.4 Å². The summed E-state index contributed by atoms with van der Waals surface area (Å²) in [7, 11) is 1.43. The minimum absolute atomic E-state index is 0.0671. The van der Waals surface area contributed by atoms with Gasteiger partial charge >= 0.3 is 5.97 Å². The molecule has 0 radical (unpaired) electrons. The number of rotatable bonds is 5. The second-order valence-electron chi connectivity index (χ2n) is 5.73. The topological polar surface area (TPSA) is 65.4 Å². The van der Waals surface area contributed by atoms with Crippen LogP contribution in [0.3, 0.4) is 0 Å². The zero-order valence-corrected chi connectivity index (χ0v) is 13.7. The monoisotopic (exact) mass is 321 g/mol. The summed E-state index contributed by atoms with van der Waals surface area (Å²) in [5.41, 5.74) is 0.262. The number of carbonyl (C=O) groups is 1. The standard InChI is InChI=1S/C13H20ClNO4S/c1-5-15-9-10(20(14,17)18)8-11(15)12(16)19-7-6-13(2,3)4/h8-9H,5-7H2,1-4H3. The van der Waals surface area contributed by atoms with Crippen LogP contribution < -0.4 is 0 Å². The fourth-order valence-electron chi connectivity index (χ4n) is 1.57. The van der Waals surface area contributed by atoms with E-state index in [-0.39, 0.29) is 16.0 Å². The van der Waals surface area contributed by atoms with Crippen LogP contribution in [0.4, 0.5) is 0 Å². The van der Waals surface area contributed by atoms with Crippen LogP contribution in [0.15, 0.2) is 17.2 Å². The maximum absolute atomic E-state index is 12.0. The Morgan fingerprint density at radius 3 is 2.45 bits per heavy atom. The van der Waals surface area contributed by atoms with Crippen LogP contribution in [0, 0.1) is 5.41 Å². The van der Waals surface area contributed by atoms with E-state index in [0.717, 1.165) is 6.42 Å². The Hall–Kier alpha value is -1.01. The van der Waals surface area contributed by atoms with E-state index in [0.29, 0.717) is 13.2 Å². The molecular weight excluding hydrogens is 302 g/mol. The number of nitrogens with zero attached hydrogens (tertiary/aromatic N) is 1. The Balaban J connectivity index is 2.85. The molecule has 7 heteroatoms. The number of esters is 1. The van der Waals surface area contributed by atoms with E-state index in [2.05, 4.69) is 0 Å². The molecule has 0 spiro atoms. The van der Waals surface area contributed by atoms with Crippen LogP contribution in [0.5, 0.6) is 0 Å². The number of halogens is 1. The summed E-state index contributed by atoms with van der Waals surface area (Å²) in [6.45, 7) is 8.70. The van der Waals surface area contributed by atoms with Crippen LogP contribution in [-0.2, 0) is 20.3 Å². The summed E-state index contributed by atoms with van der Waals surface area (Å²) in [4.78, 5) is 11.9. The van der Waals surface area contributed by atoms with Gasteiger partial charge in [0.25, 0.3) is 9.05 Å². The highest BCUT2D eigenvalue weighted by Crippen LogP contribution is 2.21. The van der Waals surface area contributed by atoms with Crippen LogP contribution in [0.25, 0.3) is 0 Å². The second-order valence-corrected chi connectivity index (χ2v) is 8.30. The molecule has 0 aromatic carbocycles. The van der Waals surface area contributed by atoms with Crippen molar-refractivity contribution in [2.45, 2.75) is 45.6 Å². The van der Waals surface area contributed by atoms with Gasteiger partial charge in [-0.1, -0.05) is 20.8 Å². The Morgan fingerprint density at radius 2 is 2.00 bits per heavy atom. The van der Waals surface area contributed by atoms with Crippen molar-refractivity contribution in [1.82, 2.24) is 4.57 Å². The molecule has 5 nitrogen and oxygen atoms in total. The molecule has 1 aromatic rings. The predicted molar refractivity (Wildman–Crippen MR) is 77.5 cm³/mol. The third-order valence-electron chi connectivity index (χ3n) is 2.79. The number of hydrogen-bond acceptors (Lipinski definition) is 4. The fraction of sp³-hybridized carbons (Fsp3) is 0.615. The lowest BCUT2D eigenvalue weighted by Crippen LogP contribution is -2.15. The summed E-state index contributed by atoms with van der Waals surface area (Å²) >= 11 is 0. The zero-order valence-electron chi connectivity index (χ0n) is 12.1. The Labute approximate surface area is 124 Å². The van der Waals surface area contributed by atoms with E-state index in [1.807, 2.05) is 20.8 Å². The van der Waals surface area contributed by atoms with Gasteiger partial charge in [-0.3, -0.25) is 0 Å². The van der Waals surface area contributed by atoms with Crippen molar-refractivity contribution in [2.75, 3.05) is 6.61 Å². The molecule has 1 aromatic heterocycles. The number of aromatic nitrogens is 1. The van der Waals surface area contributed by atoms with Gasteiger partial charge in [-0.2, -0.15) is 0 Å². The van der Waals surface area contributed by atoms with Gasteiger partial charge in [-0.05, 0) is 24.8 Å². The first-order valence-corrected chi connectivity index (χ1v) is 8.67. The highest BCUT2D eigenvalue weighted by atomic mass is 35.7. The molecule has 20 heavy (non-hydrogen) atoms. The van der Waals surface area contributed by atoms with E-state index in [1.54, 1.807) is 6.92 Å².